The van der Waals surface area contributed by atoms with Crippen molar-refractivity contribution in [2.75, 3.05) is 5.75 Å². The lowest BCUT2D eigenvalue weighted by molar-refractivity contribution is 0.646. The summed E-state index contributed by atoms with van der Waals surface area (Å²) in [6, 6.07) is 8.12. The maximum Gasteiger partial charge on any atom is 0.138 e. The molecule has 14 heavy (non-hydrogen) atoms. The Labute approximate surface area is 87.9 Å². The van der Waals surface area contributed by atoms with E-state index in [0.717, 1.165) is 23.4 Å². The largest absolute Gasteiger partial charge is 0.426 e. The Morgan fingerprint density at radius 1 is 1.36 bits per heavy atom. The van der Waals surface area contributed by atoms with E-state index in [4.69, 9.17) is 4.18 Å². The van der Waals surface area contributed by atoms with Crippen molar-refractivity contribution in [3.05, 3.63) is 30.5 Å². The summed E-state index contributed by atoms with van der Waals surface area (Å²) in [5, 5.41) is 1.19. The van der Waals surface area contributed by atoms with Crippen LogP contribution in [0.4, 0.5) is 0 Å². The van der Waals surface area contributed by atoms with Crippen molar-refractivity contribution in [3.63, 3.8) is 0 Å². The van der Waals surface area contributed by atoms with Crippen molar-refractivity contribution in [1.29, 1.82) is 0 Å². The van der Waals surface area contributed by atoms with Crippen LogP contribution in [0.5, 0.6) is 5.75 Å². The summed E-state index contributed by atoms with van der Waals surface area (Å²) in [7, 11) is 0. The molecule has 0 radical (unpaired) electrons. The lowest BCUT2D eigenvalue weighted by Crippen LogP contribution is -1.83. The van der Waals surface area contributed by atoms with Crippen LogP contribution in [0.25, 0.3) is 10.9 Å². The fraction of sp³-hybridized carbons (Fsp3) is 0.273. The zero-order valence-corrected chi connectivity index (χ0v) is 8.93. The molecular formula is C11H13NOS. The smallest absolute Gasteiger partial charge is 0.138 e. The number of aromatic amines is 1. The number of hydrogen-bond acceptors (Lipinski definition) is 2. The molecule has 0 aliphatic heterocycles. The van der Waals surface area contributed by atoms with Crippen LogP contribution < -0.4 is 4.18 Å². The lowest BCUT2D eigenvalue weighted by atomic mass is 10.2. The van der Waals surface area contributed by atoms with Crippen molar-refractivity contribution in [3.8, 4) is 5.75 Å². The van der Waals surface area contributed by atoms with Gasteiger partial charge in [-0.1, -0.05) is 6.92 Å². The third kappa shape index (κ3) is 2.04. The van der Waals surface area contributed by atoms with Crippen LogP contribution in [0.3, 0.4) is 0 Å². The van der Waals surface area contributed by atoms with E-state index in [9.17, 15) is 0 Å². The topological polar surface area (TPSA) is 25.0 Å². The molecule has 2 nitrogen and oxygen atoms in total. The molecule has 1 aromatic carbocycles. The van der Waals surface area contributed by atoms with E-state index in [1.807, 2.05) is 24.4 Å². The first kappa shape index (κ1) is 9.46. The average molecular weight is 207 g/mol. The summed E-state index contributed by atoms with van der Waals surface area (Å²) in [5.74, 6) is 1.96. The Hall–Kier alpha value is -1.09. The normalized spacial score (nSPS) is 10.6. The third-order valence-electron chi connectivity index (χ3n) is 1.97. The van der Waals surface area contributed by atoms with Crippen LogP contribution in [0.2, 0.25) is 0 Å². The Morgan fingerprint density at radius 2 is 2.29 bits per heavy atom. The number of rotatable bonds is 4. The van der Waals surface area contributed by atoms with Crippen LogP contribution in [0.1, 0.15) is 13.3 Å². The fourth-order valence-electron chi connectivity index (χ4n) is 1.28. The highest BCUT2D eigenvalue weighted by Crippen LogP contribution is 2.22. The summed E-state index contributed by atoms with van der Waals surface area (Å²) in [6.45, 7) is 2.14. The van der Waals surface area contributed by atoms with Crippen LogP contribution in [0.15, 0.2) is 30.5 Å². The van der Waals surface area contributed by atoms with Gasteiger partial charge >= 0.3 is 0 Å². The first-order valence-corrected chi connectivity index (χ1v) is 5.68. The van der Waals surface area contributed by atoms with Crippen LogP contribution in [-0.2, 0) is 0 Å². The first-order chi connectivity index (χ1) is 6.90. The van der Waals surface area contributed by atoms with Gasteiger partial charge < -0.3 is 9.17 Å². The molecule has 0 aliphatic rings. The Kier molecular flexibility index (Phi) is 2.99. The first-order valence-electron chi connectivity index (χ1n) is 4.77. The molecule has 2 rings (SSSR count). The Morgan fingerprint density at radius 3 is 3.14 bits per heavy atom. The molecule has 0 saturated carbocycles. The van der Waals surface area contributed by atoms with E-state index in [-0.39, 0.29) is 0 Å². The van der Waals surface area contributed by atoms with Crippen LogP contribution in [0, 0.1) is 0 Å². The predicted octanol–water partition coefficient (Wildman–Crippen LogP) is 3.60. The van der Waals surface area contributed by atoms with E-state index < -0.39 is 0 Å². The zero-order chi connectivity index (χ0) is 9.80. The highest BCUT2D eigenvalue weighted by atomic mass is 32.2. The molecule has 74 valence electrons. The van der Waals surface area contributed by atoms with Gasteiger partial charge in [-0.15, -0.1) is 0 Å². The van der Waals surface area contributed by atoms with Gasteiger partial charge in [0.2, 0.25) is 0 Å². The standard InChI is InChI=1S/C11H13NOS/c1-2-7-14-13-10-3-4-11-9(8-10)5-6-12-11/h3-6,8,12H,2,7H2,1H3. The van der Waals surface area contributed by atoms with E-state index in [2.05, 4.69) is 18.0 Å². The lowest BCUT2D eigenvalue weighted by Gasteiger charge is -2.02. The SMILES string of the molecule is CCCSOc1ccc2[nH]ccc2c1. The minimum atomic E-state index is 0.926. The van der Waals surface area contributed by atoms with Gasteiger partial charge in [0.25, 0.3) is 0 Å². The summed E-state index contributed by atoms with van der Waals surface area (Å²) < 4.78 is 5.53. The minimum absolute atomic E-state index is 0.926. The van der Waals surface area contributed by atoms with Crippen molar-refractivity contribution in [1.82, 2.24) is 4.98 Å². The third-order valence-corrected chi connectivity index (χ3v) is 2.85. The van der Waals surface area contributed by atoms with E-state index in [1.54, 1.807) is 0 Å². The number of fused-ring (bicyclic) bond motifs is 1. The second kappa shape index (κ2) is 4.42. The van der Waals surface area contributed by atoms with Gasteiger partial charge in [0, 0.05) is 22.9 Å². The van der Waals surface area contributed by atoms with Crippen molar-refractivity contribution in [2.24, 2.45) is 0 Å². The molecule has 0 fully saturated rings. The number of aromatic nitrogens is 1. The maximum atomic E-state index is 5.53. The van der Waals surface area contributed by atoms with Crippen molar-refractivity contribution < 1.29 is 4.18 Å². The molecule has 1 aromatic heterocycles. The van der Waals surface area contributed by atoms with Gasteiger partial charge in [0.15, 0.2) is 0 Å². The summed E-state index contributed by atoms with van der Waals surface area (Å²) >= 11 is 1.51. The summed E-state index contributed by atoms with van der Waals surface area (Å²) in [5.41, 5.74) is 1.15. The molecule has 0 spiro atoms. The van der Waals surface area contributed by atoms with Crippen LogP contribution in [-0.4, -0.2) is 10.7 Å². The van der Waals surface area contributed by atoms with Gasteiger partial charge in [-0.3, -0.25) is 0 Å². The molecule has 0 atom stereocenters. The highest BCUT2D eigenvalue weighted by molar-refractivity contribution is 7.95. The second-order valence-electron chi connectivity index (χ2n) is 3.13. The molecule has 3 heteroatoms. The van der Waals surface area contributed by atoms with Crippen molar-refractivity contribution >= 4 is 22.9 Å². The van der Waals surface area contributed by atoms with Gasteiger partial charge in [-0.2, -0.15) is 0 Å². The Bertz CT molecular complexity index is 410. The van der Waals surface area contributed by atoms with E-state index in [0.29, 0.717) is 0 Å². The fourth-order valence-corrected chi connectivity index (χ4v) is 1.77. The van der Waals surface area contributed by atoms with Gasteiger partial charge in [-0.05, 0) is 30.7 Å². The minimum Gasteiger partial charge on any atom is -0.426 e. The van der Waals surface area contributed by atoms with Gasteiger partial charge in [-0.25, -0.2) is 0 Å². The zero-order valence-electron chi connectivity index (χ0n) is 8.12. The van der Waals surface area contributed by atoms with E-state index in [1.165, 1.54) is 17.4 Å². The number of H-pyrrole nitrogens is 1. The van der Waals surface area contributed by atoms with Gasteiger partial charge in [0.05, 0.1) is 12.0 Å². The van der Waals surface area contributed by atoms with Crippen LogP contribution >= 0.6 is 12.0 Å². The summed E-state index contributed by atoms with van der Waals surface area (Å²) in [4.78, 5) is 3.15. The molecule has 2 aromatic rings. The molecule has 0 bridgehead atoms. The molecule has 0 amide bonds. The second-order valence-corrected chi connectivity index (χ2v) is 3.94. The summed E-state index contributed by atoms with van der Waals surface area (Å²) in [6.07, 6.45) is 3.07. The highest BCUT2D eigenvalue weighted by Gasteiger charge is 1.97. The van der Waals surface area contributed by atoms with E-state index >= 15 is 0 Å². The monoisotopic (exact) mass is 207 g/mol. The number of hydrogen-bond donors (Lipinski definition) is 1. The molecule has 0 aliphatic carbocycles. The molecule has 1 heterocycles. The Balaban J connectivity index is 2.10. The molecular weight excluding hydrogens is 194 g/mol. The number of nitrogens with one attached hydrogen (secondary N) is 1. The maximum absolute atomic E-state index is 5.53. The average Bonchev–Trinajstić information content (AvgIpc) is 2.65. The quantitative estimate of drug-likeness (QED) is 0.612. The number of benzene rings is 1. The van der Waals surface area contributed by atoms with Gasteiger partial charge in [0.1, 0.15) is 5.75 Å². The molecule has 0 saturated heterocycles. The predicted molar refractivity (Wildman–Crippen MR) is 61.7 cm³/mol. The van der Waals surface area contributed by atoms with Crippen molar-refractivity contribution in [2.45, 2.75) is 13.3 Å². The molecule has 1 N–H and O–H groups in total. The molecule has 0 unspecified atom stereocenters.